The first-order valence-electron chi connectivity index (χ1n) is 9.01. The van der Waals surface area contributed by atoms with Gasteiger partial charge in [-0.05, 0) is 25.1 Å². The highest BCUT2D eigenvalue weighted by Gasteiger charge is 2.32. The maximum Gasteiger partial charge on any atom is 0.417 e. The van der Waals surface area contributed by atoms with Crippen LogP contribution in [-0.2, 0) is 10.9 Å². The summed E-state index contributed by atoms with van der Waals surface area (Å²) in [7, 11) is 0. The number of hydrogen-bond donors (Lipinski definition) is 2. The number of pyridine rings is 1. The van der Waals surface area contributed by atoms with Crippen molar-refractivity contribution in [3.63, 3.8) is 0 Å². The predicted molar refractivity (Wildman–Crippen MR) is 104 cm³/mol. The summed E-state index contributed by atoms with van der Waals surface area (Å²) in [5.41, 5.74) is 1.10. The fourth-order valence-electron chi connectivity index (χ4n) is 3.12. The van der Waals surface area contributed by atoms with Crippen molar-refractivity contribution in [3.05, 3.63) is 53.7 Å². The van der Waals surface area contributed by atoms with E-state index in [2.05, 4.69) is 31.3 Å². The molecule has 0 fully saturated rings. The van der Waals surface area contributed by atoms with Gasteiger partial charge in [-0.2, -0.15) is 18.4 Å². The van der Waals surface area contributed by atoms with Crippen LogP contribution in [0.5, 0.6) is 0 Å². The van der Waals surface area contributed by atoms with E-state index in [1.807, 2.05) is 6.92 Å². The molecule has 3 aromatic rings. The van der Waals surface area contributed by atoms with Crippen molar-refractivity contribution in [2.45, 2.75) is 13.1 Å². The number of aromatic nitrogens is 4. The molecule has 0 unspecified atom stereocenters. The summed E-state index contributed by atoms with van der Waals surface area (Å²) in [4.78, 5) is 15.6. The number of nitrogens with one attached hydrogen (secondary N) is 2. The highest BCUT2D eigenvalue weighted by atomic mass is 19.4. The third-order valence-corrected chi connectivity index (χ3v) is 4.49. The standard InChI is InChI=1S/C20H15F3N6O/c1-2-25-19-28-16(11-3-5-30-6-4-11)14(8-24)17(29-19)15-10-27-18-13(15)7-12(9-26-18)20(21,22)23/h3-5,7,9-10H,2,6H2,1H3,(H,26,27)(H,25,28,29). The zero-order valence-corrected chi connectivity index (χ0v) is 15.7. The lowest BCUT2D eigenvalue weighted by Crippen LogP contribution is -2.09. The third kappa shape index (κ3) is 3.45. The first-order chi connectivity index (χ1) is 14.4. The van der Waals surface area contributed by atoms with Gasteiger partial charge in [0.25, 0.3) is 0 Å². The molecule has 0 atom stereocenters. The number of anilines is 1. The average Bonchev–Trinajstić information content (AvgIpc) is 3.16. The molecule has 4 rings (SSSR count). The molecule has 10 heteroatoms. The number of allylic oxidation sites excluding steroid dienone is 2. The minimum absolute atomic E-state index is 0.146. The molecule has 1 aliphatic rings. The van der Waals surface area contributed by atoms with Crippen LogP contribution in [0.3, 0.4) is 0 Å². The first kappa shape index (κ1) is 19.4. The second kappa shape index (κ2) is 7.51. The topological polar surface area (TPSA) is 99.5 Å². The number of hydrogen-bond acceptors (Lipinski definition) is 6. The van der Waals surface area contributed by atoms with E-state index in [4.69, 9.17) is 4.74 Å². The molecule has 1 aliphatic heterocycles. The molecule has 0 spiro atoms. The van der Waals surface area contributed by atoms with E-state index in [0.29, 0.717) is 30.0 Å². The maximum atomic E-state index is 13.2. The molecule has 3 aromatic heterocycles. The summed E-state index contributed by atoms with van der Waals surface area (Å²) < 4.78 is 44.8. The van der Waals surface area contributed by atoms with Gasteiger partial charge >= 0.3 is 6.18 Å². The predicted octanol–water partition coefficient (Wildman–Crippen LogP) is 4.27. The third-order valence-electron chi connectivity index (χ3n) is 4.49. The molecule has 0 radical (unpaired) electrons. The Morgan fingerprint density at radius 1 is 1.30 bits per heavy atom. The molecule has 0 saturated heterocycles. The Kier molecular flexibility index (Phi) is 4.87. The SMILES string of the molecule is CCNc1nc(C2=CCOC=C2)c(C#N)c(-c2c[nH]c3ncc(C(F)(F)F)cc23)n1. The Morgan fingerprint density at radius 2 is 2.10 bits per heavy atom. The van der Waals surface area contributed by atoms with Crippen molar-refractivity contribution in [2.24, 2.45) is 0 Å². The number of ether oxygens (including phenoxy) is 1. The molecule has 4 heterocycles. The molecule has 0 saturated carbocycles. The largest absolute Gasteiger partial charge is 0.497 e. The van der Waals surface area contributed by atoms with Crippen molar-refractivity contribution < 1.29 is 17.9 Å². The van der Waals surface area contributed by atoms with Gasteiger partial charge in [0.05, 0.1) is 23.2 Å². The van der Waals surface area contributed by atoms with Crippen molar-refractivity contribution in [1.82, 2.24) is 19.9 Å². The van der Waals surface area contributed by atoms with E-state index in [9.17, 15) is 18.4 Å². The van der Waals surface area contributed by atoms with Gasteiger partial charge in [-0.15, -0.1) is 0 Å². The van der Waals surface area contributed by atoms with Crippen molar-refractivity contribution in [2.75, 3.05) is 18.5 Å². The number of alkyl halides is 3. The molecular weight excluding hydrogens is 397 g/mol. The van der Waals surface area contributed by atoms with E-state index >= 15 is 0 Å². The first-order valence-corrected chi connectivity index (χ1v) is 9.01. The molecule has 30 heavy (non-hydrogen) atoms. The van der Waals surface area contributed by atoms with E-state index in [1.165, 1.54) is 12.5 Å². The Hall–Kier alpha value is -3.87. The van der Waals surface area contributed by atoms with Gasteiger partial charge in [-0.3, -0.25) is 0 Å². The summed E-state index contributed by atoms with van der Waals surface area (Å²) in [6, 6.07) is 3.10. The Balaban J connectivity index is 1.98. The van der Waals surface area contributed by atoms with Crippen molar-refractivity contribution >= 4 is 22.6 Å². The summed E-state index contributed by atoms with van der Waals surface area (Å²) in [6.45, 7) is 2.70. The highest BCUT2D eigenvalue weighted by molar-refractivity contribution is 5.95. The number of rotatable bonds is 4. The number of aromatic amines is 1. The molecular formula is C20H15F3N6O. The van der Waals surface area contributed by atoms with Gasteiger partial charge in [-0.25, -0.2) is 15.0 Å². The molecule has 0 bridgehead atoms. The Morgan fingerprint density at radius 3 is 2.77 bits per heavy atom. The van der Waals surface area contributed by atoms with Crippen molar-refractivity contribution in [3.8, 4) is 17.3 Å². The van der Waals surface area contributed by atoms with Crippen LogP contribution in [-0.4, -0.2) is 33.1 Å². The lowest BCUT2D eigenvalue weighted by atomic mass is 10.00. The average molecular weight is 412 g/mol. The van der Waals surface area contributed by atoms with Crippen LogP contribution >= 0.6 is 0 Å². The summed E-state index contributed by atoms with van der Waals surface area (Å²) in [5.74, 6) is 0.261. The number of fused-ring (bicyclic) bond motifs is 1. The molecule has 152 valence electrons. The van der Waals surface area contributed by atoms with Crippen molar-refractivity contribution in [1.29, 1.82) is 5.26 Å². The van der Waals surface area contributed by atoms with E-state index < -0.39 is 11.7 Å². The number of nitriles is 1. The molecule has 2 N–H and O–H groups in total. The zero-order chi connectivity index (χ0) is 21.3. The Labute approximate surface area is 168 Å². The van der Waals surface area contributed by atoms with Crippen LogP contribution in [0.2, 0.25) is 0 Å². The van der Waals surface area contributed by atoms with Crippen LogP contribution in [0.4, 0.5) is 19.1 Å². The van der Waals surface area contributed by atoms with Gasteiger partial charge in [0, 0.05) is 35.5 Å². The monoisotopic (exact) mass is 412 g/mol. The van der Waals surface area contributed by atoms with E-state index in [-0.39, 0.29) is 28.2 Å². The summed E-state index contributed by atoms with van der Waals surface area (Å²) in [6.07, 6.45) is 2.65. The second-order valence-electron chi connectivity index (χ2n) is 6.38. The highest BCUT2D eigenvalue weighted by Crippen LogP contribution is 2.36. The fraction of sp³-hybridized carbons (Fsp3) is 0.200. The lowest BCUT2D eigenvalue weighted by molar-refractivity contribution is -0.137. The smallest absolute Gasteiger partial charge is 0.417 e. The van der Waals surface area contributed by atoms with E-state index in [1.54, 1.807) is 12.2 Å². The number of halogens is 3. The van der Waals surface area contributed by atoms with Gasteiger partial charge in [0.15, 0.2) is 0 Å². The van der Waals surface area contributed by atoms with Crippen LogP contribution in [0.25, 0.3) is 27.9 Å². The van der Waals surface area contributed by atoms with Gasteiger partial charge < -0.3 is 15.0 Å². The number of H-pyrrole nitrogens is 1. The summed E-state index contributed by atoms with van der Waals surface area (Å²) >= 11 is 0. The minimum atomic E-state index is -4.54. The van der Waals surface area contributed by atoms with Gasteiger partial charge in [-0.1, -0.05) is 0 Å². The maximum absolute atomic E-state index is 13.2. The van der Waals surface area contributed by atoms with Crippen LogP contribution in [0.1, 0.15) is 23.7 Å². The molecule has 0 aromatic carbocycles. The normalized spacial score (nSPS) is 13.6. The molecule has 0 amide bonds. The van der Waals surface area contributed by atoms with Crippen LogP contribution in [0.15, 0.2) is 36.9 Å². The van der Waals surface area contributed by atoms with Crippen LogP contribution in [0, 0.1) is 11.3 Å². The molecule has 0 aliphatic carbocycles. The van der Waals surface area contributed by atoms with Crippen LogP contribution < -0.4 is 5.32 Å². The zero-order valence-electron chi connectivity index (χ0n) is 15.7. The summed E-state index contributed by atoms with van der Waals surface area (Å²) in [5, 5.41) is 13.1. The molecule has 7 nitrogen and oxygen atoms in total. The number of nitrogens with zero attached hydrogens (tertiary/aromatic N) is 4. The van der Waals surface area contributed by atoms with Gasteiger partial charge in [0.2, 0.25) is 5.95 Å². The second-order valence-corrected chi connectivity index (χ2v) is 6.38. The van der Waals surface area contributed by atoms with Gasteiger partial charge in [0.1, 0.15) is 23.9 Å². The van der Waals surface area contributed by atoms with E-state index in [0.717, 1.165) is 12.3 Å². The quantitative estimate of drug-likeness (QED) is 0.664. The minimum Gasteiger partial charge on any atom is -0.497 e. The Bertz CT molecular complexity index is 1220. The lowest BCUT2D eigenvalue weighted by Gasteiger charge is -2.14. The fourth-order valence-corrected chi connectivity index (χ4v) is 3.12.